The molecule has 1 aliphatic carbocycles. The number of anilines is 1. The van der Waals surface area contributed by atoms with E-state index in [-0.39, 0.29) is 24.1 Å². The van der Waals surface area contributed by atoms with Crippen LogP contribution in [0.15, 0.2) is 48.8 Å². The number of nitrogens with two attached hydrogens (primary N) is 1. The lowest BCUT2D eigenvalue weighted by atomic mass is 9.99. The molecule has 1 saturated carbocycles. The molecule has 5 rings (SSSR count). The Labute approximate surface area is 193 Å². The van der Waals surface area contributed by atoms with Crippen molar-refractivity contribution in [1.82, 2.24) is 24.5 Å². The molecule has 10 heteroatoms. The van der Waals surface area contributed by atoms with Gasteiger partial charge < -0.3 is 15.0 Å². The van der Waals surface area contributed by atoms with Gasteiger partial charge in [0.05, 0.1) is 11.3 Å². The van der Waals surface area contributed by atoms with Crippen LogP contribution < -0.4 is 10.5 Å². The summed E-state index contributed by atoms with van der Waals surface area (Å²) in [5, 5.41) is 0. The Morgan fingerprint density at radius 3 is 2.56 bits per heavy atom. The number of benzene rings is 1. The number of imidazole rings is 1. The van der Waals surface area contributed by atoms with Crippen molar-refractivity contribution in [2.45, 2.75) is 38.8 Å². The van der Waals surface area contributed by atoms with Crippen molar-refractivity contribution in [3.8, 4) is 28.3 Å². The molecule has 1 fully saturated rings. The first kappa shape index (κ1) is 21.9. The maximum absolute atomic E-state index is 13.6. The molecule has 0 atom stereocenters. The third-order valence-corrected chi connectivity index (χ3v) is 5.52. The van der Waals surface area contributed by atoms with Crippen LogP contribution in [-0.2, 0) is 6.61 Å². The van der Waals surface area contributed by atoms with Gasteiger partial charge >= 0.3 is 0 Å². The molecule has 7 nitrogen and oxygen atoms in total. The summed E-state index contributed by atoms with van der Waals surface area (Å²) in [4.78, 5) is 16.9. The number of pyridine rings is 1. The van der Waals surface area contributed by atoms with Crippen molar-refractivity contribution in [3.05, 3.63) is 71.8 Å². The van der Waals surface area contributed by atoms with Crippen molar-refractivity contribution in [1.29, 1.82) is 0 Å². The molecule has 4 aromatic rings. The smallest absolute Gasteiger partial charge is 0.280 e. The van der Waals surface area contributed by atoms with Gasteiger partial charge in [-0.1, -0.05) is 0 Å². The lowest BCUT2D eigenvalue weighted by Crippen LogP contribution is -2.09. The van der Waals surface area contributed by atoms with Crippen molar-refractivity contribution >= 4 is 5.95 Å². The second kappa shape index (κ2) is 8.77. The number of nitrogen functional groups attached to an aromatic ring is 1. The fourth-order valence-electron chi connectivity index (χ4n) is 3.86. The Morgan fingerprint density at radius 2 is 1.85 bits per heavy atom. The average Bonchev–Trinajstić information content (AvgIpc) is 3.54. The molecule has 0 radical (unpaired) electrons. The molecule has 174 valence electrons. The van der Waals surface area contributed by atoms with Gasteiger partial charge in [-0.2, -0.15) is 4.98 Å². The summed E-state index contributed by atoms with van der Waals surface area (Å²) in [5.41, 5.74) is 7.61. The van der Waals surface area contributed by atoms with Crippen molar-refractivity contribution < 1.29 is 17.9 Å². The van der Waals surface area contributed by atoms with Gasteiger partial charge in [0.25, 0.3) is 6.43 Å². The van der Waals surface area contributed by atoms with Crippen LogP contribution in [0.4, 0.5) is 19.1 Å². The highest BCUT2D eigenvalue weighted by Crippen LogP contribution is 2.40. The molecule has 0 bridgehead atoms. The SMILES string of the molecule is Cc1cc(-c2c(OCc3nccn3C3CC3)nc(N)nc2-c2ccc(F)cc2)cc(C(F)F)n1. The zero-order valence-electron chi connectivity index (χ0n) is 18.3. The fraction of sp³-hybridized carbons (Fsp3) is 0.250. The minimum atomic E-state index is -2.77. The average molecular weight is 466 g/mol. The number of aryl methyl sites for hydroxylation is 1. The van der Waals surface area contributed by atoms with Gasteiger partial charge in [-0.3, -0.25) is 4.98 Å². The first-order valence-corrected chi connectivity index (χ1v) is 10.7. The second-order valence-electron chi connectivity index (χ2n) is 8.11. The minimum Gasteiger partial charge on any atom is -0.469 e. The number of hydrogen-bond acceptors (Lipinski definition) is 6. The summed E-state index contributed by atoms with van der Waals surface area (Å²) in [6.45, 7) is 1.72. The van der Waals surface area contributed by atoms with E-state index in [0.29, 0.717) is 39.9 Å². The summed E-state index contributed by atoms with van der Waals surface area (Å²) in [5.74, 6) is 0.343. The van der Waals surface area contributed by atoms with Gasteiger partial charge in [0.1, 0.15) is 23.9 Å². The van der Waals surface area contributed by atoms with Crippen LogP contribution in [0.5, 0.6) is 5.88 Å². The lowest BCUT2D eigenvalue weighted by Gasteiger charge is -2.17. The zero-order chi connectivity index (χ0) is 23.8. The van der Waals surface area contributed by atoms with E-state index >= 15 is 0 Å². The normalized spacial score (nSPS) is 13.4. The first-order chi connectivity index (χ1) is 16.4. The van der Waals surface area contributed by atoms with E-state index in [1.807, 2.05) is 6.20 Å². The standard InChI is InChI=1S/C24H21F3N6O/c1-13-10-15(11-18(30-13)22(26)27)20-21(14-2-4-16(25)5-3-14)31-24(28)32-23(20)34-12-19-29-8-9-33(19)17-6-7-17/h2-5,8-11,17,22H,6-7,12H2,1H3,(H2,28,31,32). The molecular weight excluding hydrogens is 445 g/mol. The van der Waals surface area contributed by atoms with Gasteiger partial charge in [0.2, 0.25) is 11.8 Å². The number of alkyl halides is 2. The van der Waals surface area contributed by atoms with Crippen molar-refractivity contribution in [2.75, 3.05) is 5.73 Å². The number of halogens is 3. The van der Waals surface area contributed by atoms with Crippen LogP contribution in [0.3, 0.4) is 0 Å². The molecule has 0 amide bonds. The predicted octanol–water partition coefficient (Wildman–Crippen LogP) is 5.28. The summed E-state index contributed by atoms with van der Waals surface area (Å²) in [7, 11) is 0. The van der Waals surface area contributed by atoms with Crippen molar-refractivity contribution in [2.24, 2.45) is 0 Å². The summed E-state index contributed by atoms with van der Waals surface area (Å²) >= 11 is 0. The Bertz CT molecular complexity index is 1340. The highest BCUT2D eigenvalue weighted by atomic mass is 19.3. The van der Waals surface area contributed by atoms with E-state index in [1.165, 1.54) is 30.3 Å². The molecule has 0 saturated heterocycles. The Balaban J connectivity index is 1.64. The van der Waals surface area contributed by atoms with Crippen LogP contribution in [0.2, 0.25) is 0 Å². The molecule has 3 heterocycles. The van der Waals surface area contributed by atoms with Gasteiger partial charge in [-0.05, 0) is 61.7 Å². The zero-order valence-corrected chi connectivity index (χ0v) is 18.3. The van der Waals surface area contributed by atoms with Gasteiger partial charge in [-0.15, -0.1) is 0 Å². The van der Waals surface area contributed by atoms with Crippen LogP contribution in [0.25, 0.3) is 22.4 Å². The quantitative estimate of drug-likeness (QED) is 0.398. The highest BCUT2D eigenvalue weighted by molar-refractivity contribution is 5.85. The van der Waals surface area contributed by atoms with Crippen LogP contribution in [0, 0.1) is 12.7 Å². The van der Waals surface area contributed by atoms with E-state index in [1.54, 1.807) is 19.2 Å². The second-order valence-corrected chi connectivity index (χ2v) is 8.11. The van der Waals surface area contributed by atoms with Crippen LogP contribution in [0.1, 0.15) is 42.5 Å². The van der Waals surface area contributed by atoms with E-state index < -0.39 is 12.2 Å². The van der Waals surface area contributed by atoms with Crippen molar-refractivity contribution in [3.63, 3.8) is 0 Å². The summed E-state index contributed by atoms with van der Waals surface area (Å²) in [6.07, 6.45) is 3.00. The maximum Gasteiger partial charge on any atom is 0.280 e. The van der Waals surface area contributed by atoms with Gasteiger partial charge in [0.15, 0.2) is 0 Å². The Hall–Kier alpha value is -3.95. The van der Waals surface area contributed by atoms with Crippen LogP contribution in [-0.4, -0.2) is 24.5 Å². The molecule has 0 spiro atoms. The lowest BCUT2D eigenvalue weighted by molar-refractivity contribution is 0.146. The molecule has 1 aromatic carbocycles. The molecule has 2 N–H and O–H groups in total. The molecule has 34 heavy (non-hydrogen) atoms. The van der Waals surface area contributed by atoms with E-state index in [0.717, 1.165) is 12.8 Å². The predicted molar refractivity (Wildman–Crippen MR) is 120 cm³/mol. The molecule has 0 aliphatic heterocycles. The van der Waals surface area contributed by atoms with Crippen LogP contribution >= 0.6 is 0 Å². The Kier molecular flexibility index (Phi) is 5.64. The number of ether oxygens (including phenoxy) is 1. The molecule has 1 aliphatic rings. The minimum absolute atomic E-state index is 0.0662. The number of rotatable bonds is 7. The van der Waals surface area contributed by atoms with E-state index in [2.05, 4.69) is 24.5 Å². The monoisotopic (exact) mass is 466 g/mol. The van der Waals surface area contributed by atoms with E-state index in [4.69, 9.17) is 10.5 Å². The Morgan fingerprint density at radius 1 is 1.09 bits per heavy atom. The van der Waals surface area contributed by atoms with E-state index in [9.17, 15) is 13.2 Å². The van der Waals surface area contributed by atoms with Gasteiger partial charge in [-0.25, -0.2) is 23.1 Å². The number of aromatic nitrogens is 5. The third kappa shape index (κ3) is 4.43. The molecule has 3 aromatic heterocycles. The largest absolute Gasteiger partial charge is 0.469 e. The van der Waals surface area contributed by atoms with Gasteiger partial charge in [0, 0.05) is 29.7 Å². The molecular formula is C24H21F3N6O. The third-order valence-electron chi connectivity index (χ3n) is 5.52. The summed E-state index contributed by atoms with van der Waals surface area (Å²) in [6, 6.07) is 8.96. The first-order valence-electron chi connectivity index (χ1n) is 10.7. The highest BCUT2D eigenvalue weighted by Gasteiger charge is 2.26. The maximum atomic E-state index is 13.6. The fourth-order valence-corrected chi connectivity index (χ4v) is 3.86. The topological polar surface area (TPSA) is 91.7 Å². The molecule has 0 unspecified atom stereocenters. The summed E-state index contributed by atoms with van der Waals surface area (Å²) < 4.78 is 48.8. The number of hydrogen-bond donors (Lipinski definition) is 1. The number of nitrogens with zero attached hydrogens (tertiary/aromatic N) is 5.